The Kier molecular flexibility index (Phi) is 8.00. The Morgan fingerprint density at radius 1 is 0.792 bits per heavy atom. The first kappa shape index (κ1) is 30.1. The van der Waals surface area contributed by atoms with Crippen LogP contribution in [0.15, 0.2) is 109 Å². The van der Waals surface area contributed by atoms with Gasteiger partial charge in [0.1, 0.15) is 16.7 Å². The van der Waals surface area contributed by atoms with E-state index in [0.717, 1.165) is 28.2 Å². The van der Waals surface area contributed by atoms with Crippen LogP contribution in [0.25, 0.3) is 33.3 Å². The lowest BCUT2D eigenvalue weighted by Gasteiger charge is -2.36. The maximum atomic E-state index is 12.7. The molecule has 0 N–H and O–H groups in total. The van der Waals surface area contributed by atoms with Gasteiger partial charge in [0.05, 0.1) is 15.7 Å². The Morgan fingerprint density at radius 3 is 2.48 bits per heavy atom. The molecule has 48 heavy (non-hydrogen) atoms. The number of para-hydroxylation sites is 2. The number of ether oxygens (including phenoxy) is 1. The minimum atomic E-state index is -0.589. The van der Waals surface area contributed by atoms with Crippen LogP contribution in [0.4, 0.5) is 11.6 Å². The number of benzene rings is 3. The molecule has 0 atom stereocenters. The SMILES string of the molecule is O=c1oc2ccccc2cc1-c1nnc(Sc2nc(Oc3cccc4cccnc34)nc(N3CCN(c4cccc(Cl)c4Cl)CC3)n2)o1. The molecule has 0 bridgehead atoms. The Bertz CT molecular complexity index is 2360. The first-order valence-electron chi connectivity index (χ1n) is 14.7. The average molecular weight is 698 g/mol. The van der Waals surface area contributed by atoms with E-state index in [4.69, 9.17) is 41.8 Å². The molecular formula is C33H22Cl2N8O4S. The third-order valence-corrected chi connectivity index (χ3v) is 9.18. The number of rotatable bonds is 7. The van der Waals surface area contributed by atoms with Crippen LogP contribution in [-0.4, -0.2) is 56.3 Å². The number of hydrogen-bond acceptors (Lipinski definition) is 13. The number of aromatic nitrogens is 6. The Labute approximate surface area is 286 Å². The second-order valence-corrected chi connectivity index (χ2v) is 12.3. The van der Waals surface area contributed by atoms with Gasteiger partial charge in [-0.05, 0) is 36.4 Å². The van der Waals surface area contributed by atoms with Crippen LogP contribution < -0.4 is 20.2 Å². The predicted octanol–water partition coefficient (Wildman–Crippen LogP) is 7.15. The van der Waals surface area contributed by atoms with Crippen molar-refractivity contribution in [1.82, 2.24) is 30.1 Å². The van der Waals surface area contributed by atoms with Gasteiger partial charge in [-0.2, -0.15) is 15.0 Å². The maximum Gasteiger partial charge on any atom is 0.349 e. The van der Waals surface area contributed by atoms with E-state index in [1.165, 1.54) is 0 Å². The van der Waals surface area contributed by atoms with E-state index in [2.05, 4.69) is 30.0 Å². The quantitative estimate of drug-likeness (QED) is 0.156. The maximum absolute atomic E-state index is 12.7. The summed E-state index contributed by atoms with van der Waals surface area (Å²) in [6.45, 7) is 2.49. The van der Waals surface area contributed by atoms with Crippen LogP contribution in [0, 0.1) is 0 Å². The van der Waals surface area contributed by atoms with Gasteiger partial charge in [-0.3, -0.25) is 4.98 Å². The minimum Gasteiger partial charge on any atom is -0.422 e. The van der Waals surface area contributed by atoms with Crippen molar-refractivity contribution in [2.24, 2.45) is 0 Å². The van der Waals surface area contributed by atoms with E-state index >= 15 is 0 Å². The van der Waals surface area contributed by atoms with Crippen LogP contribution in [0.5, 0.6) is 11.8 Å². The molecule has 1 aliphatic rings. The van der Waals surface area contributed by atoms with Crippen LogP contribution in [-0.2, 0) is 0 Å². The van der Waals surface area contributed by atoms with Crippen molar-refractivity contribution < 1.29 is 13.6 Å². The van der Waals surface area contributed by atoms with E-state index in [-0.39, 0.29) is 27.8 Å². The summed E-state index contributed by atoms with van der Waals surface area (Å²) >= 11 is 13.8. The molecule has 7 aromatic rings. The standard InChI is InChI=1S/C33H22Cl2N8O4S/c34-22-9-4-10-23(26(22)35)42-14-16-43(17-15-42)30-37-31(46-25-12-3-7-19-8-5-13-36-27(19)25)39-32(38-30)48-33-41-40-28(47-33)21-18-20-6-1-2-11-24(20)45-29(21)44/h1-13,18H,14-17H2. The summed E-state index contributed by atoms with van der Waals surface area (Å²) in [5.41, 5.74) is 1.56. The molecule has 1 fully saturated rings. The monoisotopic (exact) mass is 696 g/mol. The van der Waals surface area contributed by atoms with Gasteiger partial charge in [0.25, 0.3) is 11.1 Å². The molecule has 0 spiro atoms. The van der Waals surface area contributed by atoms with Crippen molar-refractivity contribution in [2.45, 2.75) is 10.4 Å². The molecule has 238 valence electrons. The van der Waals surface area contributed by atoms with Crippen molar-refractivity contribution in [3.05, 3.63) is 106 Å². The summed E-state index contributed by atoms with van der Waals surface area (Å²) in [5, 5.41) is 11.3. The molecule has 5 heterocycles. The van der Waals surface area contributed by atoms with Crippen LogP contribution in [0.2, 0.25) is 10.0 Å². The highest BCUT2D eigenvalue weighted by molar-refractivity contribution is 7.98. The molecule has 12 nitrogen and oxygen atoms in total. The van der Waals surface area contributed by atoms with Crippen molar-refractivity contribution in [3.8, 4) is 23.2 Å². The third-order valence-electron chi connectivity index (χ3n) is 7.67. The summed E-state index contributed by atoms with van der Waals surface area (Å²) < 4.78 is 17.5. The lowest BCUT2D eigenvalue weighted by molar-refractivity contribution is 0.433. The van der Waals surface area contributed by atoms with Gasteiger partial charge in [-0.15, -0.1) is 10.2 Å². The van der Waals surface area contributed by atoms with Gasteiger partial charge in [-0.1, -0.05) is 65.7 Å². The lowest BCUT2D eigenvalue weighted by atomic mass is 10.2. The number of piperazine rings is 1. The van der Waals surface area contributed by atoms with Crippen molar-refractivity contribution in [3.63, 3.8) is 0 Å². The van der Waals surface area contributed by atoms with Crippen LogP contribution in [0.3, 0.4) is 0 Å². The van der Waals surface area contributed by atoms with Gasteiger partial charge < -0.3 is 23.4 Å². The van der Waals surface area contributed by atoms with Gasteiger partial charge in [0.2, 0.25) is 11.1 Å². The molecular weight excluding hydrogens is 675 g/mol. The fourth-order valence-electron chi connectivity index (χ4n) is 5.35. The van der Waals surface area contributed by atoms with Gasteiger partial charge >= 0.3 is 11.6 Å². The van der Waals surface area contributed by atoms with E-state index in [0.29, 0.717) is 59.0 Å². The molecule has 0 amide bonds. The third kappa shape index (κ3) is 5.99. The Morgan fingerprint density at radius 2 is 1.58 bits per heavy atom. The number of nitrogens with zero attached hydrogens (tertiary/aromatic N) is 8. The fraction of sp³-hybridized carbons (Fsp3) is 0.121. The number of hydrogen-bond donors (Lipinski definition) is 0. The minimum absolute atomic E-state index is 0.0142. The smallest absolute Gasteiger partial charge is 0.349 e. The molecule has 0 aliphatic carbocycles. The van der Waals surface area contributed by atoms with E-state index < -0.39 is 5.63 Å². The second-order valence-electron chi connectivity index (χ2n) is 10.6. The highest BCUT2D eigenvalue weighted by Crippen LogP contribution is 2.35. The van der Waals surface area contributed by atoms with Crippen LogP contribution >= 0.6 is 35.0 Å². The second kappa shape index (κ2) is 12.8. The summed E-state index contributed by atoms with van der Waals surface area (Å²) in [5.74, 6) is 0.910. The first-order chi connectivity index (χ1) is 23.5. The van der Waals surface area contributed by atoms with Gasteiger partial charge in [0, 0.05) is 54.9 Å². The van der Waals surface area contributed by atoms with Crippen molar-refractivity contribution in [1.29, 1.82) is 0 Å². The molecule has 0 unspecified atom stereocenters. The van der Waals surface area contributed by atoms with Crippen molar-refractivity contribution in [2.75, 3.05) is 36.0 Å². The lowest BCUT2D eigenvalue weighted by Crippen LogP contribution is -2.47. The molecule has 4 aromatic heterocycles. The molecule has 0 radical (unpaired) electrons. The molecule has 15 heteroatoms. The van der Waals surface area contributed by atoms with Gasteiger partial charge in [-0.25, -0.2) is 4.79 Å². The van der Waals surface area contributed by atoms with Crippen molar-refractivity contribution >= 4 is 68.5 Å². The number of pyridine rings is 1. The van der Waals surface area contributed by atoms with E-state index in [9.17, 15) is 4.79 Å². The molecule has 1 saturated heterocycles. The summed E-state index contributed by atoms with van der Waals surface area (Å²) in [7, 11) is 0. The number of fused-ring (bicyclic) bond motifs is 2. The van der Waals surface area contributed by atoms with Gasteiger partial charge in [0.15, 0.2) is 5.75 Å². The normalized spacial score (nSPS) is 13.4. The molecule has 8 rings (SSSR count). The Hall–Kier alpha value is -5.24. The van der Waals surface area contributed by atoms with Crippen LogP contribution in [0.1, 0.15) is 0 Å². The molecule has 3 aromatic carbocycles. The zero-order valence-corrected chi connectivity index (χ0v) is 27.1. The highest BCUT2D eigenvalue weighted by atomic mass is 35.5. The zero-order valence-electron chi connectivity index (χ0n) is 24.8. The predicted molar refractivity (Wildman–Crippen MR) is 182 cm³/mol. The fourth-order valence-corrected chi connectivity index (χ4v) is 6.38. The Balaban J connectivity index is 1.10. The summed E-state index contributed by atoms with van der Waals surface area (Å²) in [6.07, 6.45) is 1.70. The van der Waals surface area contributed by atoms with E-state index in [1.807, 2.05) is 53.4 Å². The van der Waals surface area contributed by atoms with E-state index in [1.54, 1.807) is 36.5 Å². The number of anilines is 2. The highest BCUT2D eigenvalue weighted by Gasteiger charge is 2.24. The largest absolute Gasteiger partial charge is 0.422 e. The molecule has 0 saturated carbocycles. The number of halogens is 2. The first-order valence-corrected chi connectivity index (χ1v) is 16.3. The topological polar surface area (TPSA) is 136 Å². The average Bonchev–Trinajstić information content (AvgIpc) is 3.57. The summed E-state index contributed by atoms with van der Waals surface area (Å²) in [4.78, 5) is 35.4. The zero-order chi connectivity index (χ0) is 32.6. The molecule has 1 aliphatic heterocycles. The summed E-state index contributed by atoms with van der Waals surface area (Å²) in [6, 6.07) is 23.9.